The van der Waals surface area contributed by atoms with E-state index < -0.39 is 0 Å². The van der Waals surface area contributed by atoms with Crippen LogP contribution in [0.15, 0.2) is 30.3 Å². The van der Waals surface area contributed by atoms with Crippen LogP contribution in [0.2, 0.25) is 0 Å². The number of nitrogens with zero attached hydrogens (tertiary/aromatic N) is 1. The fourth-order valence-electron chi connectivity index (χ4n) is 3.53. The Labute approximate surface area is 123 Å². The molecule has 0 aromatic heterocycles. The molecule has 1 saturated heterocycles. The highest BCUT2D eigenvalue weighted by atomic mass is 15.2. The summed E-state index contributed by atoms with van der Waals surface area (Å²) in [5.74, 6) is 0.912. The SMILES string of the molecule is CC(Cc1ccccc1)N(CC1CCNCC1)C1CC1. The van der Waals surface area contributed by atoms with Crippen LogP contribution in [0.5, 0.6) is 0 Å². The Kier molecular flexibility index (Phi) is 4.74. The fourth-order valence-corrected chi connectivity index (χ4v) is 3.53. The van der Waals surface area contributed by atoms with Gasteiger partial charge >= 0.3 is 0 Å². The second-order valence-electron chi connectivity index (χ2n) is 6.66. The molecule has 2 nitrogen and oxygen atoms in total. The van der Waals surface area contributed by atoms with Crippen LogP contribution in [0, 0.1) is 5.92 Å². The molecule has 1 unspecified atom stereocenters. The Morgan fingerprint density at radius 2 is 1.80 bits per heavy atom. The number of nitrogens with one attached hydrogen (secondary N) is 1. The van der Waals surface area contributed by atoms with E-state index >= 15 is 0 Å². The number of hydrogen-bond donors (Lipinski definition) is 1. The zero-order valence-corrected chi connectivity index (χ0v) is 12.7. The van der Waals surface area contributed by atoms with Crippen molar-refractivity contribution in [1.29, 1.82) is 0 Å². The average molecular weight is 272 g/mol. The van der Waals surface area contributed by atoms with Gasteiger partial charge in [0.25, 0.3) is 0 Å². The largest absolute Gasteiger partial charge is 0.317 e. The van der Waals surface area contributed by atoms with E-state index in [9.17, 15) is 0 Å². The first-order valence-electron chi connectivity index (χ1n) is 8.33. The molecule has 0 radical (unpaired) electrons. The minimum atomic E-state index is 0.680. The maximum absolute atomic E-state index is 3.48. The van der Waals surface area contributed by atoms with E-state index in [1.807, 2.05) is 0 Å². The van der Waals surface area contributed by atoms with Gasteiger partial charge in [0.2, 0.25) is 0 Å². The molecule has 1 saturated carbocycles. The van der Waals surface area contributed by atoms with Gasteiger partial charge < -0.3 is 5.32 Å². The maximum atomic E-state index is 3.48. The van der Waals surface area contributed by atoms with Crippen LogP contribution in [0.3, 0.4) is 0 Å². The molecule has 1 atom stereocenters. The molecule has 1 aliphatic heterocycles. The Hall–Kier alpha value is -0.860. The molecule has 0 amide bonds. The first-order chi connectivity index (χ1) is 9.83. The minimum Gasteiger partial charge on any atom is -0.317 e. The summed E-state index contributed by atoms with van der Waals surface area (Å²) in [6.45, 7) is 6.18. The molecule has 1 heterocycles. The molecule has 20 heavy (non-hydrogen) atoms. The van der Waals surface area contributed by atoms with Crippen LogP contribution < -0.4 is 5.32 Å². The van der Waals surface area contributed by atoms with E-state index in [0.29, 0.717) is 6.04 Å². The quantitative estimate of drug-likeness (QED) is 0.856. The van der Waals surface area contributed by atoms with Gasteiger partial charge in [0, 0.05) is 18.6 Å². The Balaban J connectivity index is 1.58. The normalized spacial score (nSPS) is 22.1. The number of hydrogen-bond acceptors (Lipinski definition) is 2. The van der Waals surface area contributed by atoms with Crippen LogP contribution in [-0.2, 0) is 6.42 Å². The van der Waals surface area contributed by atoms with Gasteiger partial charge in [-0.05, 0) is 63.6 Å². The van der Waals surface area contributed by atoms with Gasteiger partial charge in [0.05, 0.1) is 0 Å². The lowest BCUT2D eigenvalue weighted by atomic mass is 9.96. The van der Waals surface area contributed by atoms with Gasteiger partial charge in [-0.25, -0.2) is 0 Å². The third-order valence-electron chi connectivity index (χ3n) is 4.88. The van der Waals surface area contributed by atoms with Crippen molar-refractivity contribution in [2.24, 2.45) is 5.92 Å². The van der Waals surface area contributed by atoms with E-state index in [1.54, 1.807) is 0 Å². The van der Waals surface area contributed by atoms with Crippen molar-refractivity contribution in [3.8, 4) is 0 Å². The average Bonchev–Trinajstić information content (AvgIpc) is 3.31. The summed E-state index contributed by atoms with van der Waals surface area (Å²) in [6.07, 6.45) is 6.76. The van der Waals surface area contributed by atoms with Gasteiger partial charge in [-0.2, -0.15) is 0 Å². The molecular formula is C18H28N2. The lowest BCUT2D eigenvalue weighted by Gasteiger charge is -2.34. The number of piperidine rings is 1. The highest BCUT2D eigenvalue weighted by Crippen LogP contribution is 2.31. The van der Waals surface area contributed by atoms with E-state index in [2.05, 4.69) is 47.5 Å². The van der Waals surface area contributed by atoms with Crippen LogP contribution in [-0.4, -0.2) is 36.6 Å². The summed E-state index contributed by atoms with van der Waals surface area (Å²) >= 11 is 0. The molecular weight excluding hydrogens is 244 g/mol. The summed E-state index contributed by atoms with van der Waals surface area (Å²) in [6, 6.07) is 12.5. The lowest BCUT2D eigenvalue weighted by Crippen LogP contribution is -2.42. The smallest absolute Gasteiger partial charge is 0.0110 e. The van der Waals surface area contributed by atoms with Crippen molar-refractivity contribution in [3.63, 3.8) is 0 Å². The second-order valence-corrected chi connectivity index (χ2v) is 6.66. The van der Waals surface area contributed by atoms with Crippen molar-refractivity contribution in [1.82, 2.24) is 10.2 Å². The predicted octanol–water partition coefficient (Wildman–Crippen LogP) is 3.08. The highest BCUT2D eigenvalue weighted by Gasteiger charge is 2.33. The molecule has 1 aromatic carbocycles. The van der Waals surface area contributed by atoms with Crippen molar-refractivity contribution >= 4 is 0 Å². The van der Waals surface area contributed by atoms with Crippen LogP contribution >= 0.6 is 0 Å². The predicted molar refractivity (Wildman–Crippen MR) is 84.9 cm³/mol. The molecule has 110 valence electrons. The molecule has 2 aliphatic rings. The van der Waals surface area contributed by atoms with Gasteiger partial charge in [-0.3, -0.25) is 4.90 Å². The third-order valence-corrected chi connectivity index (χ3v) is 4.88. The van der Waals surface area contributed by atoms with Gasteiger partial charge in [0.1, 0.15) is 0 Å². The molecule has 3 rings (SSSR count). The topological polar surface area (TPSA) is 15.3 Å². The second kappa shape index (κ2) is 6.73. The standard InChI is InChI=1S/C18H28N2/c1-15(13-16-5-3-2-4-6-16)20(18-7-8-18)14-17-9-11-19-12-10-17/h2-6,15,17-19H,7-14H2,1H3. The van der Waals surface area contributed by atoms with Crippen LogP contribution in [0.25, 0.3) is 0 Å². The summed E-state index contributed by atoms with van der Waals surface area (Å²) in [5, 5.41) is 3.48. The number of rotatable bonds is 6. The van der Waals surface area contributed by atoms with Crippen LogP contribution in [0.4, 0.5) is 0 Å². The van der Waals surface area contributed by atoms with E-state index in [1.165, 1.54) is 57.3 Å². The molecule has 1 N–H and O–H groups in total. The summed E-state index contributed by atoms with van der Waals surface area (Å²) in [4.78, 5) is 2.81. The molecule has 2 heteroatoms. The lowest BCUT2D eigenvalue weighted by molar-refractivity contribution is 0.151. The van der Waals surface area contributed by atoms with E-state index in [0.717, 1.165) is 12.0 Å². The monoisotopic (exact) mass is 272 g/mol. The molecule has 1 aliphatic carbocycles. The number of benzene rings is 1. The Bertz CT molecular complexity index is 393. The van der Waals surface area contributed by atoms with Gasteiger partial charge in [0.15, 0.2) is 0 Å². The first-order valence-corrected chi connectivity index (χ1v) is 8.33. The Morgan fingerprint density at radius 1 is 1.10 bits per heavy atom. The van der Waals surface area contributed by atoms with Crippen molar-refractivity contribution < 1.29 is 0 Å². The highest BCUT2D eigenvalue weighted by molar-refractivity contribution is 5.16. The molecule has 1 aromatic rings. The fraction of sp³-hybridized carbons (Fsp3) is 0.667. The molecule has 0 bridgehead atoms. The summed E-state index contributed by atoms with van der Waals surface area (Å²) < 4.78 is 0. The Morgan fingerprint density at radius 3 is 2.45 bits per heavy atom. The minimum absolute atomic E-state index is 0.680. The first kappa shape index (κ1) is 14.1. The maximum Gasteiger partial charge on any atom is 0.0110 e. The third kappa shape index (κ3) is 3.83. The summed E-state index contributed by atoms with van der Waals surface area (Å²) in [7, 11) is 0. The van der Waals surface area contributed by atoms with E-state index in [4.69, 9.17) is 0 Å². The summed E-state index contributed by atoms with van der Waals surface area (Å²) in [5.41, 5.74) is 1.48. The van der Waals surface area contributed by atoms with Crippen molar-refractivity contribution in [2.75, 3.05) is 19.6 Å². The van der Waals surface area contributed by atoms with Crippen LogP contribution in [0.1, 0.15) is 38.2 Å². The molecule has 0 spiro atoms. The van der Waals surface area contributed by atoms with Gasteiger partial charge in [-0.1, -0.05) is 30.3 Å². The van der Waals surface area contributed by atoms with Crippen molar-refractivity contribution in [2.45, 2.75) is 51.1 Å². The van der Waals surface area contributed by atoms with Gasteiger partial charge in [-0.15, -0.1) is 0 Å². The van der Waals surface area contributed by atoms with Crippen molar-refractivity contribution in [3.05, 3.63) is 35.9 Å². The zero-order chi connectivity index (χ0) is 13.8. The zero-order valence-electron chi connectivity index (χ0n) is 12.7. The molecule has 2 fully saturated rings. The van der Waals surface area contributed by atoms with E-state index in [-0.39, 0.29) is 0 Å².